The van der Waals surface area contributed by atoms with E-state index in [1.807, 2.05) is 20.8 Å². The highest BCUT2D eigenvalue weighted by Crippen LogP contribution is 2.37. The van der Waals surface area contributed by atoms with E-state index in [9.17, 15) is 18.5 Å². The first-order chi connectivity index (χ1) is 9.45. The van der Waals surface area contributed by atoms with Crippen molar-refractivity contribution < 1.29 is 22.3 Å². The molecule has 0 aliphatic heterocycles. The lowest BCUT2D eigenvalue weighted by Crippen LogP contribution is -2.14. The predicted molar refractivity (Wildman–Crippen MR) is 78.0 cm³/mol. The van der Waals surface area contributed by atoms with Crippen LogP contribution in [0.1, 0.15) is 31.9 Å². The number of nitro groups is 1. The third kappa shape index (κ3) is 4.68. The molecule has 0 fully saturated rings. The molecule has 0 radical (unpaired) electrons. The second-order valence-electron chi connectivity index (χ2n) is 5.66. The topological polar surface area (TPSA) is 95.7 Å². The van der Waals surface area contributed by atoms with Crippen LogP contribution in [0.2, 0.25) is 0 Å². The van der Waals surface area contributed by atoms with Gasteiger partial charge in [0, 0.05) is 11.6 Å². The molecule has 0 aromatic heterocycles. The van der Waals surface area contributed by atoms with E-state index in [4.69, 9.17) is 8.92 Å². The Labute approximate surface area is 124 Å². The quantitative estimate of drug-likeness (QED) is 0.470. The van der Waals surface area contributed by atoms with Crippen LogP contribution < -0.4 is 4.74 Å². The first kappa shape index (κ1) is 17.4. The highest BCUT2D eigenvalue weighted by atomic mass is 32.2. The van der Waals surface area contributed by atoms with Gasteiger partial charge < -0.3 is 4.74 Å². The Morgan fingerprint density at radius 3 is 2.24 bits per heavy atom. The average molecular weight is 317 g/mol. The van der Waals surface area contributed by atoms with Crippen LogP contribution in [0.25, 0.3) is 0 Å². The number of ether oxygens (including phenoxy) is 1. The highest BCUT2D eigenvalue weighted by molar-refractivity contribution is 7.85. The Bertz CT molecular complexity index is 645. The molecular weight excluding hydrogens is 298 g/mol. The van der Waals surface area contributed by atoms with Gasteiger partial charge in [0.1, 0.15) is 0 Å². The zero-order chi connectivity index (χ0) is 16.4. The SMILES string of the molecule is COc1c(COS(C)(=O)=O)cc(C(C)(C)C)cc1[N+](=O)[O-]. The van der Waals surface area contributed by atoms with Crippen molar-refractivity contribution in [2.45, 2.75) is 32.8 Å². The minimum atomic E-state index is -3.65. The van der Waals surface area contributed by atoms with Gasteiger partial charge in [-0.15, -0.1) is 0 Å². The van der Waals surface area contributed by atoms with E-state index >= 15 is 0 Å². The fraction of sp³-hybridized carbons (Fsp3) is 0.538. The largest absolute Gasteiger partial charge is 0.490 e. The van der Waals surface area contributed by atoms with E-state index in [1.165, 1.54) is 13.2 Å². The molecule has 7 nitrogen and oxygen atoms in total. The van der Waals surface area contributed by atoms with Crippen LogP contribution in [0.15, 0.2) is 12.1 Å². The number of hydrogen-bond acceptors (Lipinski definition) is 6. The number of nitrogens with zero attached hydrogens (tertiary/aromatic N) is 1. The Kier molecular flexibility index (Phi) is 4.95. The van der Waals surface area contributed by atoms with Crippen molar-refractivity contribution in [1.82, 2.24) is 0 Å². The van der Waals surface area contributed by atoms with E-state index in [0.717, 1.165) is 6.26 Å². The molecule has 1 aromatic carbocycles. The van der Waals surface area contributed by atoms with Gasteiger partial charge in [-0.05, 0) is 17.0 Å². The number of benzene rings is 1. The minimum Gasteiger partial charge on any atom is -0.490 e. The molecule has 0 aliphatic carbocycles. The molecule has 0 saturated carbocycles. The monoisotopic (exact) mass is 317 g/mol. The van der Waals surface area contributed by atoms with Crippen LogP contribution in [0.5, 0.6) is 5.75 Å². The highest BCUT2D eigenvalue weighted by Gasteiger charge is 2.25. The summed E-state index contributed by atoms with van der Waals surface area (Å²) in [6.07, 6.45) is 0.918. The van der Waals surface area contributed by atoms with Gasteiger partial charge in [0.25, 0.3) is 10.1 Å². The van der Waals surface area contributed by atoms with Crippen LogP contribution in [0.4, 0.5) is 5.69 Å². The number of nitro benzene ring substituents is 1. The molecule has 0 bridgehead atoms. The van der Waals surface area contributed by atoms with Crippen molar-refractivity contribution in [3.05, 3.63) is 33.4 Å². The summed E-state index contributed by atoms with van der Waals surface area (Å²) in [7, 11) is -2.36. The van der Waals surface area contributed by atoms with Crippen molar-refractivity contribution in [3.63, 3.8) is 0 Å². The minimum absolute atomic E-state index is 0.0108. The van der Waals surface area contributed by atoms with Gasteiger partial charge in [0.15, 0.2) is 0 Å². The molecule has 0 amide bonds. The summed E-state index contributed by atoms with van der Waals surface area (Å²) in [6, 6.07) is 3.10. The molecule has 118 valence electrons. The zero-order valence-electron chi connectivity index (χ0n) is 12.7. The Morgan fingerprint density at radius 2 is 1.86 bits per heavy atom. The maximum absolute atomic E-state index is 11.2. The van der Waals surface area contributed by atoms with Crippen molar-refractivity contribution in [2.24, 2.45) is 0 Å². The van der Waals surface area contributed by atoms with Crippen molar-refractivity contribution in [2.75, 3.05) is 13.4 Å². The number of rotatable bonds is 5. The van der Waals surface area contributed by atoms with E-state index in [-0.39, 0.29) is 23.5 Å². The Hall–Kier alpha value is -1.67. The van der Waals surface area contributed by atoms with Crippen molar-refractivity contribution in [3.8, 4) is 5.75 Å². The maximum atomic E-state index is 11.2. The standard InChI is InChI=1S/C13H19NO6S/c1-13(2,3)10-6-9(8-20-21(5,17)18)12(19-4)11(7-10)14(15)16/h6-7H,8H2,1-5H3. The van der Waals surface area contributed by atoms with Crippen LogP contribution in [-0.4, -0.2) is 26.7 Å². The first-order valence-corrected chi connectivity index (χ1v) is 7.97. The molecule has 1 aromatic rings. The molecule has 1 rings (SSSR count). The van der Waals surface area contributed by atoms with Crippen LogP contribution in [0.3, 0.4) is 0 Å². The Balaban J connectivity index is 3.44. The molecule has 0 spiro atoms. The molecule has 0 unspecified atom stereocenters. The smallest absolute Gasteiger partial charge is 0.311 e. The molecule has 0 saturated heterocycles. The summed E-state index contributed by atoms with van der Waals surface area (Å²) in [6.45, 7) is 5.39. The average Bonchev–Trinajstić information content (AvgIpc) is 2.32. The number of methoxy groups -OCH3 is 1. The lowest BCUT2D eigenvalue weighted by molar-refractivity contribution is -0.385. The van der Waals surface area contributed by atoms with E-state index < -0.39 is 15.0 Å². The van der Waals surface area contributed by atoms with Crippen LogP contribution in [0, 0.1) is 10.1 Å². The van der Waals surface area contributed by atoms with Crippen molar-refractivity contribution >= 4 is 15.8 Å². The summed E-state index contributed by atoms with van der Waals surface area (Å²) < 4.78 is 32.0. The molecule has 0 atom stereocenters. The van der Waals surface area contributed by atoms with Gasteiger partial charge in [-0.1, -0.05) is 20.8 Å². The lowest BCUT2D eigenvalue weighted by Gasteiger charge is -2.21. The molecule has 8 heteroatoms. The molecule has 21 heavy (non-hydrogen) atoms. The normalized spacial score (nSPS) is 12.2. The van der Waals surface area contributed by atoms with Gasteiger partial charge in [0.05, 0.1) is 24.9 Å². The van der Waals surface area contributed by atoms with Gasteiger partial charge in [-0.25, -0.2) is 0 Å². The second kappa shape index (κ2) is 5.98. The Morgan fingerprint density at radius 1 is 1.29 bits per heavy atom. The van der Waals surface area contributed by atoms with E-state index in [1.54, 1.807) is 6.07 Å². The van der Waals surface area contributed by atoms with E-state index in [2.05, 4.69) is 0 Å². The summed E-state index contributed by atoms with van der Waals surface area (Å²) in [5, 5.41) is 11.2. The van der Waals surface area contributed by atoms with Gasteiger partial charge in [-0.2, -0.15) is 8.42 Å². The first-order valence-electron chi connectivity index (χ1n) is 6.16. The fourth-order valence-corrected chi connectivity index (χ4v) is 2.10. The maximum Gasteiger partial charge on any atom is 0.311 e. The second-order valence-corrected chi connectivity index (χ2v) is 7.31. The van der Waals surface area contributed by atoms with Gasteiger partial charge in [0.2, 0.25) is 5.75 Å². The molecular formula is C13H19NO6S. The van der Waals surface area contributed by atoms with Gasteiger partial charge >= 0.3 is 5.69 Å². The summed E-state index contributed by atoms with van der Waals surface area (Å²) in [5.41, 5.74) is 0.470. The third-order valence-electron chi connectivity index (χ3n) is 2.84. The lowest BCUT2D eigenvalue weighted by atomic mass is 9.85. The molecule has 0 heterocycles. The zero-order valence-corrected chi connectivity index (χ0v) is 13.5. The predicted octanol–water partition coefficient (Wildman–Crippen LogP) is 2.38. The number of hydrogen-bond donors (Lipinski definition) is 0. The summed E-state index contributed by atoms with van der Waals surface area (Å²) in [4.78, 5) is 10.6. The fourth-order valence-electron chi connectivity index (χ4n) is 1.75. The van der Waals surface area contributed by atoms with E-state index in [0.29, 0.717) is 11.1 Å². The van der Waals surface area contributed by atoms with Crippen LogP contribution >= 0.6 is 0 Å². The van der Waals surface area contributed by atoms with Crippen molar-refractivity contribution in [1.29, 1.82) is 0 Å². The summed E-state index contributed by atoms with van der Waals surface area (Å²) >= 11 is 0. The molecule has 0 aliphatic rings. The molecule has 0 N–H and O–H groups in total. The van der Waals surface area contributed by atoms with Crippen LogP contribution in [-0.2, 0) is 26.3 Å². The van der Waals surface area contributed by atoms with Gasteiger partial charge in [-0.3, -0.25) is 14.3 Å². The summed E-state index contributed by atoms with van der Waals surface area (Å²) in [5.74, 6) is 0.0108. The third-order valence-corrected chi connectivity index (χ3v) is 3.39.